The fraction of sp³-hybridized carbons (Fsp3) is 0.733. The van der Waals surface area contributed by atoms with Crippen molar-refractivity contribution in [2.75, 3.05) is 19.7 Å². The third kappa shape index (κ3) is 6.16. The van der Waals surface area contributed by atoms with Gasteiger partial charge in [-0.15, -0.1) is 0 Å². The number of carbonyl (C=O) groups excluding carboxylic acids is 1. The second-order valence-corrected chi connectivity index (χ2v) is 6.47. The highest BCUT2D eigenvalue weighted by atomic mass is 16.4. The van der Waals surface area contributed by atoms with Crippen molar-refractivity contribution in [3.63, 3.8) is 0 Å². The second kappa shape index (κ2) is 7.45. The topological polar surface area (TPSA) is 78.6 Å². The molecule has 1 rings (SSSR count). The Balaban J connectivity index is 2.58. The van der Waals surface area contributed by atoms with Gasteiger partial charge in [0, 0.05) is 19.7 Å². The number of nitrogens with zero attached hydrogens (tertiary/aromatic N) is 2. The second-order valence-electron chi connectivity index (χ2n) is 6.47. The van der Waals surface area contributed by atoms with Gasteiger partial charge in [0.15, 0.2) is 0 Å². The maximum absolute atomic E-state index is 12.3. The Labute approximate surface area is 126 Å². The maximum Gasteiger partial charge on any atom is 0.317 e. The van der Waals surface area contributed by atoms with E-state index >= 15 is 0 Å². The zero-order valence-electron chi connectivity index (χ0n) is 13.7. The molecule has 2 N–H and O–H groups in total. The smallest absolute Gasteiger partial charge is 0.317 e. The molecule has 0 aromatic carbocycles. The van der Waals surface area contributed by atoms with Crippen LogP contribution in [-0.4, -0.2) is 40.7 Å². The van der Waals surface area contributed by atoms with E-state index in [2.05, 4.69) is 31.1 Å². The number of rotatable bonds is 6. The first kappa shape index (κ1) is 17.5. The van der Waals surface area contributed by atoms with Gasteiger partial charge in [-0.3, -0.25) is 0 Å². The first-order valence-corrected chi connectivity index (χ1v) is 7.29. The lowest BCUT2D eigenvalue weighted by Gasteiger charge is -2.29. The normalized spacial score (nSPS) is 11.5. The lowest BCUT2D eigenvalue weighted by Crippen LogP contribution is -2.44. The van der Waals surface area contributed by atoms with Crippen LogP contribution in [0.25, 0.3) is 0 Å². The van der Waals surface area contributed by atoms with Crippen LogP contribution in [0, 0.1) is 19.3 Å². The van der Waals surface area contributed by atoms with Crippen LogP contribution in [0.4, 0.5) is 4.79 Å². The summed E-state index contributed by atoms with van der Waals surface area (Å²) in [7, 11) is 0. The van der Waals surface area contributed by atoms with Crippen LogP contribution in [0.3, 0.4) is 0 Å². The summed E-state index contributed by atoms with van der Waals surface area (Å²) in [5.74, 6) is 1.28. The Morgan fingerprint density at radius 2 is 2.05 bits per heavy atom. The monoisotopic (exact) mass is 297 g/mol. The van der Waals surface area contributed by atoms with E-state index in [1.54, 1.807) is 4.90 Å². The molecule has 0 aliphatic heterocycles. The molecule has 2 amide bonds. The zero-order valence-corrected chi connectivity index (χ0v) is 13.7. The summed E-state index contributed by atoms with van der Waals surface area (Å²) < 4.78 is 5.44. The van der Waals surface area contributed by atoms with Crippen molar-refractivity contribution in [1.29, 1.82) is 0 Å². The van der Waals surface area contributed by atoms with Gasteiger partial charge in [0.2, 0.25) is 5.89 Å². The summed E-state index contributed by atoms with van der Waals surface area (Å²) in [6.45, 7) is 11.5. The van der Waals surface area contributed by atoms with Gasteiger partial charge in [-0.05, 0) is 25.7 Å². The van der Waals surface area contributed by atoms with E-state index in [0.717, 1.165) is 11.5 Å². The van der Waals surface area contributed by atoms with E-state index in [1.165, 1.54) is 0 Å². The molecule has 21 heavy (non-hydrogen) atoms. The molecular formula is C15H27N3O3. The standard InChI is InChI=1S/C15H27N3O3/c1-11-12(2)21-13(17-11)9-16-14(20)18(7-6-8-19)10-15(3,4)5/h19H,6-10H2,1-5H3,(H,16,20). The molecule has 0 atom stereocenters. The van der Waals surface area contributed by atoms with Gasteiger partial charge in [-0.25, -0.2) is 9.78 Å². The SMILES string of the molecule is Cc1nc(CNC(=O)N(CCCO)CC(C)(C)C)oc1C. The largest absolute Gasteiger partial charge is 0.444 e. The molecule has 0 aliphatic rings. The molecule has 1 aromatic heterocycles. The minimum atomic E-state index is -0.160. The highest BCUT2D eigenvalue weighted by Crippen LogP contribution is 2.15. The molecule has 1 aromatic rings. The summed E-state index contributed by atoms with van der Waals surface area (Å²) >= 11 is 0. The molecule has 0 spiro atoms. The minimum Gasteiger partial charge on any atom is -0.444 e. The molecule has 6 nitrogen and oxygen atoms in total. The average molecular weight is 297 g/mol. The third-order valence-corrected chi connectivity index (χ3v) is 3.00. The fourth-order valence-corrected chi connectivity index (χ4v) is 1.96. The Morgan fingerprint density at radius 1 is 1.38 bits per heavy atom. The van der Waals surface area contributed by atoms with Crippen molar-refractivity contribution in [3.05, 3.63) is 17.3 Å². The Morgan fingerprint density at radius 3 is 2.52 bits per heavy atom. The van der Waals surface area contributed by atoms with Gasteiger partial charge in [0.25, 0.3) is 0 Å². The van der Waals surface area contributed by atoms with Gasteiger partial charge in [-0.2, -0.15) is 0 Å². The van der Waals surface area contributed by atoms with Crippen molar-refractivity contribution in [2.45, 2.75) is 47.6 Å². The van der Waals surface area contributed by atoms with Crippen molar-refractivity contribution in [1.82, 2.24) is 15.2 Å². The number of carbonyl (C=O) groups is 1. The van der Waals surface area contributed by atoms with E-state index in [0.29, 0.717) is 25.4 Å². The van der Waals surface area contributed by atoms with Crippen LogP contribution < -0.4 is 5.32 Å². The number of hydrogen-bond acceptors (Lipinski definition) is 4. The van der Waals surface area contributed by atoms with Gasteiger partial charge >= 0.3 is 6.03 Å². The number of hydrogen-bond donors (Lipinski definition) is 2. The molecule has 0 saturated heterocycles. The van der Waals surface area contributed by atoms with Gasteiger partial charge < -0.3 is 19.7 Å². The molecular weight excluding hydrogens is 270 g/mol. The lowest BCUT2D eigenvalue weighted by atomic mass is 9.96. The number of aromatic nitrogens is 1. The maximum atomic E-state index is 12.3. The van der Waals surface area contributed by atoms with Gasteiger partial charge in [0.05, 0.1) is 12.2 Å². The minimum absolute atomic E-state index is 0.00288. The number of aliphatic hydroxyl groups is 1. The summed E-state index contributed by atoms with van der Waals surface area (Å²) in [6.07, 6.45) is 0.570. The van der Waals surface area contributed by atoms with Crippen molar-refractivity contribution < 1.29 is 14.3 Å². The molecule has 0 fully saturated rings. The van der Waals surface area contributed by atoms with Crippen molar-refractivity contribution >= 4 is 6.03 Å². The molecule has 1 heterocycles. The van der Waals surface area contributed by atoms with Crippen molar-refractivity contribution in [3.8, 4) is 0 Å². The fourth-order valence-electron chi connectivity index (χ4n) is 1.96. The number of urea groups is 1. The molecule has 0 unspecified atom stereocenters. The zero-order chi connectivity index (χ0) is 16.0. The van der Waals surface area contributed by atoms with Gasteiger partial charge in [0.1, 0.15) is 5.76 Å². The van der Waals surface area contributed by atoms with Gasteiger partial charge in [-0.1, -0.05) is 20.8 Å². The lowest BCUT2D eigenvalue weighted by molar-refractivity contribution is 0.163. The molecule has 6 heteroatoms. The van der Waals surface area contributed by atoms with Crippen LogP contribution in [0.15, 0.2) is 4.42 Å². The summed E-state index contributed by atoms with van der Waals surface area (Å²) in [4.78, 5) is 18.2. The van der Waals surface area contributed by atoms with E-state index < -0.39 is 0 Å². The van der Waals surface area contributed by atoms with Crippen molar-refractivity contribution in [2.24, 2.45) is 5.41 Å². The highest BCUT2D eigenvalue weighted by Gasteiger charge is 2.21. The van der Waals surface area contributed by atoms with Crippen LogP contribution in [0.2, 0.25) is 0 Å². The number of aryl methyl sites for hydroxylation is 2. The third-order valence-electron chi connectivity index (χ3n) is 3.00. The van der Waals surface area contributed by atoms with E-state index in [4.69, 9.17) is 9.52 Å². The summed E-state index contributed by atoms with van der Waals surface area (Å²) in [5.41, 5.74) is 0.842. The molecule has 0 saturated carbocycles. The first-order chi connectivity index (χ1) is 9.73. The van der Waals surface area contributed by atoms with Crippen LogP contribution in [0.5, 0.6) is 0 Å². The molecule has 120 valence electrons. The van der Waals surface area contributed by atoms with Crippen LogP contribution >= 0.6 is 0 Å². The van der Waals surface area contributed by atoms with Crippen LogP contribution in [-0.2, 0) is 6.54 Å². The predicted octanol–water partition coefficient (Wildman–Crippen LogP) is 2.23. The average Bonchev–Trinajstić information content (AvgIpc) is 2.69. The predicted molar refractivity (Wildman–Crippen MR) is 80.9 cm³/mol. The van der Waals surface area contributed by atoms with E-state index in [1.807, 2.05) is 13.8 Å². The Bertz CT molecular complexity index is 444. The Hall–Kier alpha value is -1.56. The molecule has 0 radical (unpaired) electrons. The number of aliphatic hydroxyl groups excluding tert-OH is 1. The summed E-state index contributed by atoms with van der Waals surface area (Å²) in [5, 5.41) is 11.8. The summed E-state index contributed by atoms with van der Waals surface area (Å²) in [6, 6.07) is -0.160. The Kier molecular flexibility index (Phi) is 6.20. The van der Waals surface area contributed by atoms with E-state index in [9.17, 15) is 4.79 Å². The molecule has 0 aliphatic carbocycles. The molecule has 0 bridgehead atoms. The number of amides is 2. The number of oxazole rings is 1. The van der Waals surface area contributed by atoms with E-state index in [-0.39, 0.29) is 24.6 Å². The number of nitrogens with one attached hydrogen (secondary N) is 1. The van der Waals surface area contributed by atoms with Crippen LogP contribution in [0.1, 0.15) is 44.5 Å². The highest BCUT2D eigenvalue weighted by molar-refractivity contribution is 5.74. The quantitative estimate of drug-likeness (QED) is 0.844. The first-order valence-electron chi connectivity index (χ1n) is 7.29.